The van der Waals surface area contributed by atoms with Crippen molar-refractivity contribution in [3.05, 3.63) is 45.6 Å². The van der Waals surface area contributed by atoms with Crippen molar-refractivity contribution in [2.75, 3.05) is 5.32 Å². The normalized spacial score (nSPS) is 19.3. The smallest absolute Gasteiger partial charge is 0.373 e. The minimum Gasteiger partial charge on any atom is -0.373 e. The van der Waals surface area contributed by atoms with Crippen molar-refractivity contribution in [3.8, 4) is 0 Å². The third kappa shape index (κ3) is 3.25. The third-order valence-corrected chi connectivity index (χ3v) is 6.87. The fourth-order valence-corrected chi connectivity index (χ4v) is 5.19. The van der Waals surface area contributed by atoms with E-state index >= 15 is 0 Å². The lowest BCUT2D eigenvalue weighted by atomic mass is 10.0. The molecule has 146 valence electrons. The zero-order chi connectivity index (χ0) is 20.2. The molecule has 1 aliphatic rings. The molecule has 4 N–H and O–H groups in total. The molecule has 0 radical (unpaired) electrons. The van der Waals surface area contributed by atoms with Gasteiger partial charge in [0.25, 0.3) is 5.91 Å². The number of carbonyl (C=O) groups is 2. The van der Waals surface area contributed by atoms with Gasteiger partial charge in [-0.2, -0.15) is 23.8 Å². The Morgan fingerprint density at radius 2 is 1.93 bits per heavy atom. The second-order valence-corrected chi connectivity index (χ2v) is 9.10. The van der Waals surface area contributed by atoms with Gasteiger partial charge in [-0.15, -0.1) is 11.3 Å². The molecule has 0 saturated heterocycles. The van der Waals surface area contributed by atoms with E-state index in [1.165, 1.54) is 12.1 Å². The SMILES string of the molecule is CC(O)(C(=O)Nc1cccc2c1C(=O)c1sccc1CS2(O)O)C(F)(F)F. The second kappa shape index (κ2) is 6.31. The predicted molar refractivity (Wildman–Crippen MR) is 94.3 cm³/mol. The topological polar surface area (TPSA) is 107 Å². The lowest BCUT2D eigenvalue weighted by Gasteiger charge is -2.33. The molecule has 1 aliphatic heterocycles. The second-order valence-electron chi connectivity index (χ2n) is 6.12. The highest BCUT2D eigenvalue weighted by Crippen LogP contribution is 2.56. The molecule has 2 aromatic rings. The van der Waals surface area contributed by atoms with Crippen molar-refractivity contribution >= 4 is 39.3 Å². The number of thiophene rings is 1. The van der Waals surface area contributed by atoms with Gasteiger partial charge in [-0.05, 0) is 36.1 Å². The quantitative estimate of drug-likeness (QED) is 0.589. The summed E-state index contributed by atoms with van der Waals surface area (Å²) in [4.78, 5) is 24.9. The van der Waals surface area contributed by atoms with Gasteiger partial charge < -0.3 is 10.4 Å². The number of anilines is 1. The van der Waals surface area contributed by atoms with Crippen LogP contribution < -0.4 is 5.32 Å². The monoisotopic (exact) mass is 421 g/mol. The molecule has 1 amide bonds. The number of carbonyl (C=O) groups excluding carboxylic acids is 2. The number of nitrogens with one attached hydrogen (secondary N) is 1. The van der Waals surface area contributed by atoms with Gasteiger partial charge in [-0.1, -0.05) is 6.07 Å². The van der Waals surface area contributed by atoms with Crippen LogP contribution >= 0.6 is 21.9 Å². The molecule has 0 saturated carbocycles. The van der Waals surface area contributed by atoms with Gasteiger partial charge >= 0.3 is 6.18 Å². The van der Waals surface area contributed by atoms with Gasteiger partial charge in [0.1, 0.15) is 0 Å². The molecule has 0 spiro atoms. The lowest BCUT2D eigenvalue weighted by molar-refractivity contribution is -0.242. The number of rotatable bonds is 2. The standard InChI is InChI=1S/C16H14F3NO5S2/c1-15(23,16(17,18)19)14(22)20-9-3-2-4-10-11(9)12(21)13-8(5-6-26-13)7-27(10,24)25/h2-6,23-25H,7H2,1H3,(H,20,22). The van der Waals surface area contributed by atoms with Crippen molar-refractivity contribution in [1.82, 2.24) is 0 Å². The van der Waals surface area contributed by atoms with Crippen LogP contribution in [0.2, 0.25) is 0 Å². The molecule has 0 aliphatic carbocycles. The first-order valence-corrected chi connectivity index (χ1v) is 10.1. The number of ketones is 1. The van der Waals surface area contributed by atoms with Gasteiger partial charge in [-0.25, -0.2) is 0 Å². The Labute approximate surface area is 157 Å². The predicted octanol–water partition coefficient (Wildman–Crippen LogP) is 3.85. The van der Waals surface area contributed by atoms with Crippen molar-refractivity contribution in [1.29, 1.82) is 0 Å². The summed E-state index contributed by atoms with van der Waals surface area (Å²) in [5.41, 5.74) is -3.93. The Bertz CT molecular complexity index is 936. The molecule has 1 atom stereocenters. The van der Waals surface area contributed by atoms with Crippen molar-refractivity contribution < 1.29 is 37.0 Å². The molecule has 1 aromatic carbocycles. The van der Waals surface area contributed by atoms with E-state index in [1.807, 2.05) is 5.32 Å². The lowest BCUT2D eigenvalue weighted by Crippen LogP contribution is -2.52. The Balaban J connectivity index is 2.12. The summed E-state index contributed by atoms with van der Waals surface area (Å²) in [6, 6.07) is 5.27. The van der Waals surface area contributed by atoms with Gasteiger partial charge in [0.05, 0.1) is 26.8 Å². The number of benzene rings is 1. The number of fused-ring (bicyclic) bond motifs is 2. The van der Waals surface area contributed by atoms with Gasteiger partial charge in [-0.3, -0.25) is 18.7 Å². The van der Waals surface area contributed by atoms with Crippen molar-refractivity contribution in [2.45, 2.75) is 29.3 Å². The largest absolute Gasteiger partial charge is 0.426 e. The first-order chi connectivity index (χ1) is 12.4. The number of hydrogen-bond acceptors (Lipinski definition) is 6. The molecule has 1 aromatic heterocycles. The third-order valence-electron chi connectivity index (χ3n) is 4.16. The summed E-state index contributed by atoms with van der Waals surface area (Å²) < 4.78 is 59.7. The molecule has 3 rings (SSSR count). The van der Waals surface area contributed by atoms with E-state index in [-0.39, 0.29) is 33.7 Å². The highest BCUT2D eigenvalue weighted by atomic mass is 32.3. The van der Waals surface area contributed by atoms with Crippen molar-refractivity contribution in [2.24, 2.45) is 0 Å². The van der Waals surface area contributed by atoms with E-state index in [9.17, 15) is 37.0 Å². The van der Waals surface area contributed by atoms with Crippen LogP contribution in [0.3, 0.4) is 0 Å². The van der Waals surface area contributed by atoms with E-state index in [0.29, 0.717) is 5.56 Å². The summed E-state index contributed by atoms with van der Waals surface area (Å²) in [5, 5.41) is 13.0. The fraction of sp³-hybridized carbons (Fsp3) is 0.250. The summed E-state index contributed by atoms with van der Waals surface area (Å²) in [7, 11) is -3.47. The molecule has 11 heteroatoms. The van der Waals surface area contributed by atoms with Gasteiger partial charge in [0.2, 0.25) is 11.4 Å². The minimum absolute atomic E-state index is 0.166. The van der Waals surface area contributed by atoms with E-state index < -0.39 is 34.1 Å². The first-order valence-electron chi connectivity index (χ1n) is 7.47. The molecule has 0 fully saturated rings. The molecule has 1 unspecified atom stereocenters. The first kappa shape index (κ1) is 19.8. The van der Waals surface area contributed by atoms with Gasteiger partial charge in [0, 0.05) is 0 Å². The van der Waals surface area contributed by atoms with Crippen LogP contribution in [0.4, 0.5) is 18.9 Å². The maximum Gasteiger partial charge on any atom is 0.426 e. The molecule has 27 heavy (non-hydrogen) atoms. The van der Waals surface area contributed by atoms with E-state index in [2.05, 4.69) is 0 Å². The van der Waals surface area contributed by atoms with E-state index in [1.54, 1.807) is 11.4 Å². The zero-order valence-corrected chi connectivity index (χ0v) is 15.3. The fourth-order valence-electron chi connectivity index (χ4n) is 2.57. The number of halogens is 3. The molecule has 6 nitrogen and oxygen atoms in total. The highest BCUT2D eigenvalue weighted by molar-refractivity contribution is 8.23. The Hall–Kier alpha value is -1.92. The van der Waals surface area contributed by atoms with E-state index in [0.717, 1.165) is 17.4 Å². The summed E-state index contributed by atoms with van der Waals surface area (Å²) in [6.45, 7) is 0.288. The molecule has 2 heterocycles. The van der Waals surface area contributed by atoms with Crippen molar-refractivity contribution in [3.63, 3.8) is 0 Å². The summed E-state index contributed by atoms with van der Waals surface area (Å²) >= 11 is 1.05. The Kier molecular flexibility index (Phi) is 4.64. The average Bonchev–Trinajstić information content (AvgIpc) is 2.97. The average molecular weight is 421 g/mol. The van der Waals surface area contributed by atoms with Crippen LogP contribution in [0.15, 0.2) is 34.5 Å². The Morgan fingerprint density at radius 1 is 1.26 bits per heavy atom. The summed E-state index contributed by atoms with van der Waals surface area (Å²) in [5.74, 6) is -2.65. The van der Waals surface area contributed by atoms with Gasteiger partial charge in [0.15, 0.2) is 0 Å². The molecule has 0 bridgehead atoms. The molecular formula is C16H14F3NO5S2. The number of hydrogen-bond donors (Lipinski definition) is 4. The zero-order valence-electron chi connectivity index (χ0n) is 13.7. The summed E-state index contributed by atoms with van der Waals surface area (Å²) in [6.07, 6.45) is -5.24. The number of aliphatic hydroxyl groups is 1. The maximum atomic E-state index is 12.9. The van der Waals surface area contributed by atoms with Crippen LogP contribution in [-0.2, 0) is 10.5 Å². The van der Waals surface area contributed by atoms with E-state index in [4.69, 9.17) is 0 Å². The van der Waals surface area contributed by atoms with Crippen LogP contribution in [0.1, 0.15) is 27.7 Å². The van der Waals surface area contributed by atoms with Crippen LogP contribution in [0.5, 0.6) is 0 Å². The van der Waals surface area contributed by atoms with Crippen LogP contribution in [0, 0.1) is 0 Å². The highest BCUT2D eigenvalue weighted by Gasteiger charge is 2.56. The molecular weight excluding hydrogens is 407 g/mol. The number of amides is 1. The van der Waals surface area contributed by atoms with Crippen LogP contribution in [-0.4, -0.2) is 37.7 Å². The maximum absolute atomic E-state index is 12.9. The minimum atomic E-state index is -5.24. The van der Waals surface area contributed by atoms with Crippen LogP contribution in [0.25, 0.3) is 0 Å². The number of alkyl halides is 3. The Morgan fingerprint density at radius 3 is 2.56 bits per heavy atom.